The van der Waals surface area contributed by atoms with Crippen LogP contribution in [0.5, 0.6) is 23.0 Å². The van der Waals surface area contributed by atoms with Crippen LogP contribution in [0.2, 0.25) is 0 Å². The molecule has 64 heavy (non-hydrogen) atoms. The lowest BCUT2D eigenvalue weighted by molar-refractivity contribution is -0.139. The van der Waals surface area contributed by atoms with Gasteiger partial charge in [-0.15, -0.1) is 0 Å². The van der Waals surface area contributed by atoms with Crippen LogP contribution < -0.4 is 19.5 Å². The molecule has 9 nitrogen and oxygen atoms in total. The average molecular weight is 1010 g/mol. The fourth-order valence-corrected chi connectivity index (χ4v) is 7.22. The van der Waals surface area contributed by atoms with Gasteiger partial charge in [0.05, 0.1) is 24.3 Å². The highest BCUT2D eigenvalue weighted by atomic mass is 79.9. The number of carboxylic acids is 2. The predicted octanol–water partition coefficient (Wildman–Crippen LogP) is 14.2. The van der Waals surface area contributed by atoms with Gasteiger partial charge in [-0.05, 0) is 90.7 Å². The summed E-state index contributed by atoms with van der Waals surface area (Å²) in [5.74, 6) is -1.16. The number of nitrogens with one attached hydrogen (secondary N) is 1. The van der Waals surface area contributed by atoms with Crippen molar-refractivity contribution in [3.8, 4) is 34.1 Å². The summed E-state index contributed by atoms with van der Waals surface area (Å²) in [7, 11) is 0. The summed E-state index contributed by atoms with van der Waals surface area (Å²) in [4.78, 5) is 36.5. The number of hydrogen-bond donors (Lipinski definition) is 3. The number of halogens is 5. The van der Waals surface area contributed by atoms with Gasteiger partial charge < -0.3 is 29.7 Å². The number of para-hydroxylation sites is 1. The Morgan fingerprint density at radius 3 is 1.70 bits per heavy atom. The highest BCUT2D eigenvalue weighted by molar-refractivity contribution is 9.10. The van der Waals surface area contributed by atoms with Gasteiger partial charge in [-0.2, -0.15) is 13.2 Å². The first-order valence-corrected chi connectivity index (χ1v) is 22.9. The Morgan fingerprint density at radius 2 is 1.17 bits per heavy atom. The molecule has 0 spiro atoms. The van der Waals surface area contributed by atoms with E-state index in [4.69, 9.17) is 19.3 Å². The maximum absolute atomic E-state index is 13.2. The summed E-state index contributed by atoms with van der Waals surface area (Å²) in [6.45, 7) is 5.36. The summed E-state index contributed by atoms with van der Waals surface area (Å²) in [6.07, 6.45) is 6.70. The molecular weight excluding hydrogens is 959 g/mol. The smallest absolute Gasteiger partial charge is 0.416 e. The number of ether oxygens (including phenoxy) is 3. The number of carboxylic acid groups (broad SMARTS) is 2. The van der Waals surface area contributed by atoms with Crippen LogP contribution in [-0.2, 0) is 17.4 Å². The van der Waals surface area contributed by atoms with E-state index in [9.17, 15) is 32.7 Å². The van der Waals surface area contributed by atoms with Gasteiger partial charge in [0.1, 0.15) is 34.6 Å². The van der Waals surface area contributed by atoms with Gasteiger partial charge in [0.25, 0.3) is 5.91 Å². The molecule has 0 aliphatic rings. The number of rotatable bonds is 23. The van der Waals surface area contributed by atoms with E-state index in [2.05, 4.69) is 51.0 Å². The number of aromatic carboxylic acids is 1. The number of alkyl halides is 3. The molecule has 0 saturated carbocycles. The number of unbranched alkanes of at least 4 members (excludes halogenated alkanes) is 8. The van der Waals surface area contributed by atoms with Crippen LogP contribution in [0.3, 0.4) is 0 Å². The summed E-state index contributed by atoms with van der Waals surface area (Å²) < 4.78 is 57.6. The molecule has 0 aliphatic carbocycles. The molecule has 0 bridgehead atoms. The van der Waals surface area contributed by atoms with Gasteiger partial charge in [0.2, 0.25) is 0 Å². The molecule has 14 heteroatoms. The first kappa shape index (κ1) is 51.3. The molecule has 0 saturated heterocycles. The lowest BCUT2D eigenvalue weighted by Gasteiger charge is -2.17. The largest absolute Gasteiger partial charge is 0.493 e. The number of carbonyl (C=O) groups is 3. The number of carbonyl (C=O) groups excluding carboxylic acids is 1. The van der Waals surface area contributed by atoms with Crippen molar-refractivity contribution in [1.82, 2.24) is 5.32 Å². The van der Waals surface area contributed by atoms with E-state index in [1.54, 1.807) is 72.8 Å². The van der Waals surface area contributed by atoms with Crippen molar-refractivity contribution in [2.75, 3.05) is 13.2 Å². The van der Waals surface area contributed by atoms with Crippen LogP contribution in [0.1, 0.15) is 110 Å². The van der Waals surface area contributed by atoms with Crippen LogP contribution in [0.4, 0.5) is 13.2 Å². The Labute approximate surface area is 389 Å². The Morgan fingerprint density at radius 1 is 0.641 bits per heavy atom. The molecule has 1 atom stereocenters. The third-order valence-corrected chi connectivity index (χ3v) is 11.0. The lowest BCUT2D eigenvalue weighted by atomic mass is 9.99. The zero-order valence-electron chi connectivity index (χ0n) is 35.9. The molecule has 0 radical (unpaired) electrons. The normalized spacial score (nSPS) is 11.5. The molecule has 0 aliphatic heterocycles. The standard InChI is InChI=1S/C36H35BrF3NO5.C14H19BrO3/c1-2-3-4-5-8-21-45-32-20-17-27(37)23-30(32)34(42)41-31(35(43)44)22-24-11-13-25(14-12-24)29-9-6-7-10-33(29)46-28-18-15-26(16-19-28)36(38,39)40;1-2-3-4-5-6-9-18-13-8-7-11(15)10-12(13)14(16)17/h6-7,9-20,23,31H,2-5,8,21-22H2,1H3,(H,41,42)(H,43,44);7-8,10H,2-6,9H2,1H3,(H,16,17)/t31-;/m0./s1. The first-order chi connectivity index (χ1) is 30.7. The van der Waals surface area contributed by atoms with Gasteiger partial charge in [0.15, 0.2) is 0 Å². The van der Waals surface area contributed by atoms with Crippen molar-refractivity contribution in [2.45, 2.75) is 96.7 Å². The fourth-order valence-electron chi connectivity index (χ4n) is 6.50. The molecule has 0 aromatic heterocycles. The van der Waals surface area contributed by atoms with Gasteiger partial charge in [-0.25, -0.2) is 9.59 Å². The van der Waals surface area contributed by atoms with E-state index in [-0.39, 0.29) is 23.3 Å². The summed E-state index contributed by atoms with van der Waals surface area (Å²) >= 11 is 6.64. The van der Waals surface area contributed by atoms with E-state index in [1.165, 1.54) is 37.8 Å². The zero-order chi connectivity index (χ0) is 46.5. The van der Waals surface area contributed by atoms with Crippen molar-refractivity contribution in [2.24, 2.45) is 0 Å². The highest BCUT2D eigenvalue weighted by Crippen LogP contribution is 2.36. The quantitative estimate of drug-likeness (QED) is 0.0551. The molecule has 1 amide bonds. The molecule has 0 heterocycles. The van der Waals surface area contributed by atoms with E-state index in [1.807, 2.05) is 12.1 Å². The van der Waals surface area contributed by atoms with Gasteiger partial charge in [-0.3, -0.25) is 4.79 Å². The first-order valence-electron chi connectivity index (χ1n) is 21.3. The van der Waals surface area contributed by atoms with E-state index < -0.39 is 35.6 Å². The number of amides is 1. The molecule has 342 valence electrons. The van der Waals surface area contributed by atoms with Crippen LogP contribution in [0, 0.1) is 0 Å². The monoisotopic (exact) mass is 1010 g/mol. The number of aliphatic carboxylic acids is 1. The molecule has 5 aromatic carbocycles. The van der Waals surface area contributed by atoms with Gasteiger partial charge >= 0.3 is 18.1 Å². The van der Waals surface area contributed by atoms with Crippen molar-refractivity contribution in [1.29, 1.82) is 0 Å². The molecule has 3 N–H and O–H groups in total. The minimum absolute atomic E-state index is 0.0344. The van der Waals surface area contributed by atoms with Crippen LogP contribution >= 0.6 is 31.9 Å². The lowest BCUT2D eigenvalue weighted by Crippen LogP contribution is -2.42. The maximum Gasteiger partial charge on any atom is 0.416 e. The minimum Gasteiger partial charge on any atom is -0.493 e. The van der Waals surface area contributed by atoms with Crippen molar-refractivity contribution in [3.63, 3.8) is 0 Å². The minimum atomic E-state index is -4.44. The number of benzene rings is 5. The van der Waals surface area contributed by atoms with Crippen LogP contribution in [0.25, 0.3) is 11.1 Å². The highest BCUT2D eigenvalue weighted by Gasteiger charge is 2.30. The van der Waals surface area contributed by atoms with Crippen LogP contribution in [-0.4, -0.2) is 47.3 Å². The average Bonchev–Trinajstić information content (AvgIpc) is 3.27. The Balaban J connectivity index is 0.000000417. The summed E-state index contributed by atoms with van der Waals surface area (Å²) in [5.41, 5.74) is 1.82. The van der Waals surface area contributed by atoms with Crippen molar-refractivity contribution >= 4 is 49.7 Å². The summed E-state index contributed by atoms with van der Waals surface area (Å²) in [6, 6.07) is 27.6. The SMILES string of the molecule is CCCCCCCOc1ccc(Br)cc1C(=O)N[C@@H](Cc1ccc(-c2ccccc2Oc2ccc(C(F)(F)F)cc2)cc1)C(=O)O.CCCCCCCOc1ccc(Br)cc1C(=O)O. The van der Waals surface area contributed by atoms with E-state index in [0.29, 0.717) is 46.1 Å². The molecule has 5 rings (SSSR count). The Bertz CT molecular complexity index is 2250. The molecule has 5 aromatic rings. The number of hydrogen-bond acceptors (Lipinski definition) is 6. The second kappa shape index (κ2) is 26.4. The van der Waals surface area contributed by atoms with Crippen molar-refractivity contribution < 1.29 is 52.0 Å². The molecule has 0 fully saturated rings. The topological polar surface area (TPSA) is 131 Å². The Hall–Kier alpha value is -5.34. The van der Waals surface area contributed by atoms with Gasteiger partial charge in [0, 0.05) is 20.9 Å². The maximum atomic E-state index is 13.2. The van der Waals surface area contributed by atoms with Crippen molar-refractivity contribution in [3.05, 3.63) is 140 Å². The predicted molar refractivity (Wildman–Crippen MR) is 250 cm³/mol. The third kappa shape index (κ3) is 17.0. The Kier molecular flexibility index (Phi) is 21.2. The second-order valence-electron chi connectivity index (χ2n) is 15.0. The van der Waals surface area contributed by atoms with Gasteiger partial charge in [-0.1, -0.05) is 140 Å². The van der Waals surface area contributed by atoms with E-state index in [0.717, 1.165) is 60.7 Å². The third-order valence-electron chi connectivity index (χ3n) is 9.97. The summed E-state index contributed by atoms with van der Waals surface area (Å²) in [5, 5.41) is 21.6. The fraction of sp³-hybridized carbons (Fsp3) is 0.340. The van der Waals surface area contributed by atoms with Crippen LogP contribution in [0.15, 0.2) is 118 Å². The molecule has 0 unspecified atom stereocenters. The molecular formula is C50H54Br2F3NO8. The second-order valence-corrected chi connectivity index (χ2v) is 16.8. The van der Waals surface area contributed by atoms with E-state index >= 15 is 0 Å². The zero-order valence-corrected chi connectivity index (χ0v) is 39.1.